The molecule has 25 heavy (non-hydrogen) atoms. The first-order valence-electron chi connectivity index (χ1n) is 8.17. The van der Waals surface area contributed by atoms with Gasteiger partial charge in [-0.1, -0.05) is 71.9 Å². The summed E-state index contributed by atoms with van der Waals surface area (Å²) in [6, 6.07) is 18.7. The smallest absolute Gasteiger partial charge is 0.230 e. The number of aryl methyl sites for hydroxylation is 1. The van der Waals surface area contributed by atoms with Crippen LogP contribution in [0.5, 0.6) is 0 Å². The van der Waals surface area contributed by atoms with E-state index in [4.69, 9.17) is 0 Å². The second-order valence-electron chi connectivity index (χ2n) is 5.83. The number of amides is 1. The van der Waals surface area contributed by atoms with E-state index in [1.54, 1.807) is 7.05 Å². The highest BCUT2D eigenvalue weighted by Gasteiger charge is 2.14. The summed E-state index contributed by atoms with van der Waals surface area (Å²) in [6.45, 7) is 2.80. The van der Waals surface area contributed by atoms with Crippen LogP contribution in [0.4, 0.5) is 0 Å². The molecule has 0 spiro atoms. The molecule has 1 amide bonds. The van der Waals surface area contributed by atoms with Crippen LogP contribution in [0.3, 0.4) is 0 Å². The molecule has 0 aliphatic carbocycles. The number of thioether (sulfide) groups is 1. The molecule has 0 atom stereocenters. The Hall–Kier alpha value is -2.53. The number of hydrogen-bond donors (Lipinski definition) is 1. The van der Waals surface area contributed by atoms with Gasteiger partial charge in [0.05, 0.1) is 24.2 Å². The molecule has 4 nitrogen and oxygen atoms in total. The van der Waals surface area contributed by atoms with Gasteiger partial charge in [0.2, 0.25) is 5.91 Å². The third kappa shape index (κ3) is 4.31. The zero-order valence-corrected chi connectivity index (χ0v) is 15.2. The Bertz CT molecular complexity index is 841. The summed E-state index contributed by atoms with van der Waals surface area (Å²) in [5, 5.41) is 3.50. The summed E-state index contributed by atoms with van der Waals surface area (Å²) in [6.07, 6.45) is 1.89. The molecule has 0 saturated heterocycles. The molecule has 1 N–H and O–H groups in total. The van der Waals surface area contributed by atoms with Gasteiger partial charge in [0.15, 0.2) is 5.16 Å². The fourth-order valence-corrected chi connectivity index (χ4v) is 3.40. The Balaban J connectivity index is 1.95. The summed E-state index contributed by atoms with van der Waals surface area (Å²) in [4.78, 5) is 16.2. The molecule has 0 bridgehead atoms. The quantitative estimate of drug-likeness (QED) is 0.688. The van der Waals surface area contributed by atoms with E-state index in [-0.39, 0.29) is 5.91 Å². The number of imidazole rings is 1. The molecule has 0 unspecified atom stereocenters. The van der Waals surface area contributed by atoms with Crippen LogP contribution in [0, 0.1) is 6.92 Å². The van der Waals surface area contributed by atoms with Crippen LogP contribution in [0.1, 0.15) is 11.1 Å². The second kappa shape index (κ2) is 8.03. The van der Waals surface area contributed by atoms with Crippen LogP contribution in [0.25, 0.3) is 11.3 Å². The lowest BCUT2D eigenvalue weighted by molar-refractivity contribution is -0.118. The summed E-state index contributed by atoms with van der Waals surface area (Å²) < 4.78 is 2.17. The Labute approximate surface area is 152 Å². The monoisotopic (exact) mass is 351 g/mol. The molecule has 5 heteroatoms. The van der Waals surface area contributed by atoms with Crippen LogP contribution >= 0.6 is 11.8 Å². The van der Waals surface area contributed by atoms with Crippen LogP contribution in [-0.2, 0) is 11.3 Å². The van der Waals surface area contributed by atoms with Crippen molar-refractivity contribution in [2.24, 2.45) is 0 Å². The summed E-state index contributed by atoms with van der Waals surface area (Å²) >= 11 is 1.46. The Morgan fingerprint density at radius 2 is 1.84 bits per heavy atom. The molecule has 2 aromatic carbocycles. The number of nitrogens with zero attached hydrogens (tertiary/aromatic N) is 2. The van der Waals surface area contributed by atoms with E-state index in [0.29, 0.717) is 5.75 Å². The fraction of sp³-hybridized carbons (Fsp3) is 0.200. The number of benzene rings is 2. The average Bonchev–Trinajstić information content (AvgIpc) is 3.03. The van der Waals surface area contributed by atoms with Gasteiger partial charge in [-0.05, 0) is 18.1 Å². The third-order valence-corrected chi connectivity index (χ3v) is 4.95. The first-order chi connectivity index (χ1) is 12.2. The highest BCUT2D eigenvalue weighted by molar-refractivity contribution is 7.99. The topological polar surface area (TPSA) is 46.9 Å². The van der Waals surface area contributed by atoms with Crippen LogP contribution in [0.2, 0.25) is 0 Å². The van der Waals surface area contributed by atoms with Gasteiger partial charge in [-0.25, -0.2) is 4.98 Å². The third-order valence-electron chi connectivity index (χ3n) is 3.96. The Kier molecular flexibility index (Phi) is 5.56. The SMILES string of the molecule is CNC(=O)CSc1ncc(-c2ccc(C)cc2)n1Cc1ccccc1. The molecule has 3 aromatic rings. The summed E-state index contributed by atoms with van der Waals surface area (Å²) in [7, 11) is 1.65. The zero-order chi connectivity index (χ0) is 17.6. The molecule has 1 heterocycles. The maximum absolute atomic E-state index is 11.6. The van der Waals surface area contributed by atoms with Gasteiger partial charge in [-0.2, -0.15) is 0 Å². The van der Waals surface area contributed by atoms with Gasteiger partial charge in [-0.15, -0.1) is 0 Å². The highest BCUT2D eigenvalue weighted by Crippen LogP contribution is 2.27. The highest BCUT2D eigenvalue weighted by atomic mass is 32.2. The second-order valence-corrected chi connectivity index (χ2v) is 6.77. The van der Waals surface area contributed by atoms with Gasteiger partial charge < -0.3 is 9.88 Å². The van der Waals surface area contributed by atoms with Crippen molar-refractivity contribution in [3.8, 4) is 11.3 Å². The van der Waals surface area contributed by atoms with E-state index in [1.165, 1.54) is 22.9 Å². The molecule has 0 saturated carbocycles. The lowest BCUT2D eigenvalue weighted by Crippen LogP contribution is -2.20. The van der Waals surface area contributed by atoms with Crippen LogP contribution in [-0.4, -0.2) is 28.3 Å². The predicted molar refractivity (Wildman–Crippen MR) is 103 cm³/mol. The van der Waals surface area contributed by atoms with Crippen LogP contribution < -0.4 is 5.32 Å². The van der Waals surface area contributed by atoms with E-state index in [0.717, 1.165) is 23.0 Å². The number of carbonyl (C=O) groups is 1. The standard InChI is InChI=1S/C20H21N3OS/c1-15-8-10-17(11-9-15)18-12-22-20(25-14-19(24)21-2)23(18)13-16-6-4-3-5-7-16/h3-12H,13-14H2,1-2H3,(H,21,24). The van der Waals surface area contributed by atoms with Gasteiger partial charge in [0, 0.05) is 7.05 Å². The minimum Gasteiger partial charge on any atom is -0.358 e. The number of hydrogen-bond acceptors (Lipinski definition) is 3. The van der Waals surface area contributed by atoms with Gasteiger partial charge >= 0.3 is 0 Å². The van der Waals surface area contributed by atoms with Crippen molar-refractivity contribution in [1.29, 1.82) is 0 Å². The molecule has 0 radical (unpaired) electrons. The van der Waals surface area contributed by atoms with Gasteiger partial charge in [0.25, 0.3) is 0 Å². The molecular formula is C20H21N3OS. The van der Waals surface area contributed by atoms with E-state index in [1.807, 2.05) is 24.4 Å². The minimum atomic E-state index is -0.00357. The van der Waals surface area contributed by atoms with Gasteiger partial charge in [-0.3, -0.25) is 4.79 Å². The number of nitrogens with one attached hydrogen (secondary N) is 1. The van der Waals surface area contributed by atoms with Crippen LogP contribution in [0.15, 0.2) is 66.0 Å². The number of aromatic nitrogens is 2. The van der Waals surface area contributed by atoms with E-state index < -0.39 is 0 Å². The Morgan fingerprint density at radius 1 is 1.12 bits per heavy atom. The lowest BCUT2D eigenvalue weighted by Gasteiger charge is -2.12. The van der Waals surface area contributed by atoms with Gasteiger partial charge in [0.1, 0.15) is 0 Å². The van der Waals surface area contributed by atoms with Crippen molar-refractivity contribution in [3.05, 3.63) is 71.9 Å². The first kappa shape index (κ1) is 17.3. The first-order valence-corrected chi connectivity index (χ1v) is 9.16. The van der Waals surface area contributed by atoms with Crippen molar-refractivity contribution in [3.63, 3.8) is 0 Å². The van der Waals surface area contributed by atoms with Crippen molar-refractivity contribution < 1.29 is 4.79 Å². The van der Waals surface area contributed by atoms with Crippen molar-refractivity contribution in [1.82, 2.24) is 14.9 Å². The lowest BCUT2D eigenvalue weighted by atomic mass is 10.1. The molecule has 0 fully saturated rings. The maximum atomic E-state index is 11.6. The average molecular weight is 351 g/mol. The van der Waals surface area contributed by atoms with Crippen molar-refractivity contribution in [2.75, 3.05) is 12.8 Å². The Morgan fingerprint density at radius 3 is 2.52 bits per heavy atom. The molecule has 0 aliphatic heterocycles. The molecule has 128 valence electrons. The molecule has 1 aromatic heterocycles. The van der Waals surface area contributed by atoms with Crippen molar-refractivity contribution >= 4 is 17.7 Å². The van der Waals surface area contributed by atoms with E-state index >= 15 is 0 Å². The fourth-order valence-electron chi connectivity index (χ4n) is 2.55. The molecule has 3 rings (SSSR count). The number of carbonyl (C=O) groups excluding carboxylic acids is 1. The predicted octanol–water partition coefficient (Wildman–Crippen LogP) is 3.74. The number of rotatable bonds is 6. The molecular weight excluding hydrogens is 330 g/mol. The zero-order valence-electron chi connectivity index (χ0n) is 14.4. The minimum absolute atomic E-state index is 0.00357. The van der Waals surface area contributed by atoms with E-state index in [9.17, 15) is 4.79 Å². The maximum Gasteiger partial charge on any atom is 0.230 e. The normalized spacial score (nSPS) is 10.6. The largest absolute Gasteiger partial charge is 0.358 e. The van der Waals surface area contributed by atoms with Crippen molar-refractivity contribution in [2.45, 2.75) is 18.6 Å². The summed E-state index contributed by atoms with van der Waals surface area (Å²) in [5.74, 6) is 0.353. The molecule has 0 aliphatic rings. The van der Waals surface area contributed by atoms with E-state index in [2.05, 4.69) is 58.2 Å². The summed E-state index contributed by atoms with van der Waals surface area (Å²) in [5.41, 5.74) is 4.62.